The summed E-state index contributed by atoms with van der Waals surface area (Å²) in [6.45, 7) is 1.95. The van der Waals surface area contributed by atoms with Gasteiger partial charge in [0.25, 0.3) is 0 Å². The first-order valence-corrected chi connectivity index (χ1v) is 5.66. The average Bonchev–Trinajstić information content (AvgIpc) is 2.58. The van der Waals surface area contributed by atoms with E-state index in [0.29, 0.717) is 6.42 Å². The molecule has 0 bridgehead atoms. The highest BCUT2D eigenvalue weighted by molar-refractivity contribution is 7.10. The van der Waals surface area contributed by atoms with Crippen molar-refractivity contribution in [2.24, 2.45) is 0 Å². The van der Waals surface area contributed by atoms with E-state index in [1.165, 1.54) is 16.0 Å². The predicted molar refractivity (Wildman–Crippen MR) is 55.7 cm³/mol. The zero-order valence-electron chi connectivity index (χ0n) is 7.88. The second-order valence-corrected chi connectivity index (χ2v) is 4.45. The smallest absolute Gasteiger partial charge is 0.303 e. The van der Waals surface area contributed by atoms with Gasteiger partial charge < -0.3 is 10.4 Å². The van der Waals surface area contributed by atoms with Crippen LogP contribution in [0.15, 0.2) is 5.38 Å². The number of aryl methyl sites for hydroxylation is 1. The summed E-state index contributed by atoms with van der Waals surface area (Å²) in [6, 6.07) is 0. The molecule has 1 aliphatic heterocycles. The van der Waals surface area contributed by atoms with Gasteiger partial charge in [-0.15, -0.1) is 11.3 Å². The highest BCUT2D eigenvalue weighted by Crippen LogP contribution is 2.26. The van der Waals surface area contributed by atoms with Crippen LogP contribution in [0.1, 0.15) is 22.4 Å². The fourth-order valence-corrected chi connectivity index (χ4v) is 2.86. The van der Waals surface area contributed by atoms with Crippen LogP contribution in [0, 0.1) is 0 Å². The Kier molecular flexibility index (Phi) is 2.84. The van der Waals surface area contributed by atoms with E-state index in [9.17, 15) is 4.79 Å². The summed E-state index contributed by atoms with van der Waals surface area (Å²) in [6.07, 6.45) is 2.00. The normalized spacial score (nSPS) is 15.1. The lowest BCUT2D eigenvalue weighted by atomic mass is 10.0. The monoisotopic (exact) mass is 211 g/mol. The number of hydrogen-bond donors (Lipinski definition) is 2. The minimum absolute atomic E-state index is 0.243. The van der Waals surface area contributed by atoms with Gasteiger partial charge in [-0.05, 0) is 35.9 Å². The first kappa shape index (κ1) is 9.68. The van der Waals surface area contributed by atoms with Crippen LogP contribution in [0.2, 0.25) is 0 Å². The Morgan fingerprint density at radius 3 is 3.29 bits per heavy atom. The van der Waals surface area contributed by atoms with E-state index in [1.807, 2.05) is 0 Å². The van der Waals surface area contributed by atoms with Crippen LogP contribution < -0.4 is 5.32 Å². The van der Waals surface area contributed by atoms with Gasteiger partial charge in [-0.3, -0.25) is 4.79 Å². The molecule has 3 nitrogen and oxygen atoms in total. The van der Waals surface area contributed by atoms with Crippen LogP contribution in [-0.2, 0) is 24.2 Å². The third-order valence-electron chi connectivity index (χ3n) is 2.51. The largest absolute Gasteiger partial charge is 0.481 e. The number of hydrogen-bond acceptors (Lipinski definition) is 3. The quantitative estimate of drug-likeness (QED) is 0.794. The lowest BCUT2D eigenvalue weighted by molar-refractivity contribution is -0.136. The molecule has 1 aromatic heterocycles. The van der Waals surface area contributed by atoms with Crippen LogP contribution in [0.4, 0.5) is 0 Å². The van der Waals surface area contributed by atoms with Gasteiger partial charge in [-0.2, -0.15) is 0 Å². The summed E-state index contributed by atoms with van der Waals surface area (Å²) in [5, 5.41) is 14.1. The number of rotatable bonds is 3. The van der Waals surface area contributed by atoms with E-state index >= 15 is 0 Å². The van der Waals surface area contributed by atoms with Gasteiger partial charge in [-0.1, -0.05) is 0 Å². The van der Waals surface area contributed by atoms with Crippen LogP contribution in [0.5, 0.6) is 0 Å². The van der Waals surface area contributed by atoms with E-state index in [0.717, 1.165) is 19.5 Å². The Bertz CT molecular complexity index is 346. The summed E-state index contributed by atoms with van der Waals surface area (Å²) in [5.74, 6) is -0.712. The number of carboxylic acid groups (broad SMARTS) is 1. The molecule has 0 spiro atoms. The molecule has 1 aliphatic rings. The molecule has 14 heavy (non-hydrogen) atoms. The highest BCUT2D eigenvalue weighted by Gasteiger charge is 2.15. The number of carbonyl (C=O) groups is 1. The van der Waals surface area contributed by atoms with Crippen molar-refractivity contribution in [1.29, 1.82) is 0 Å². The molecule has 1 aromatic rings. The second-order valence-electron chi connectivity index (χ2n) is 3.48. The molecule has 2 rings (SSSR count). The van der Waals surface area contributed by atoms with Crippen molar-refractivity contribution < 1.29 is 9.90 Å². The van der Waals surface area contributed by atoms with E-state index < -0.39 is 5.97 Å². The van der Waals surface area contributed by atoms with Crippen LogP contribution >= 0.6 is 11.3 Å². The minimum atomic E-state index is -0.712. The summed E-state index contributed by atoms with van der Waals surface area (Å²) in [5.41, 5.74) is 2.76. The molecule has 0 unspecified atom stereocenters. The van der Waals surface area contributed by atoms with Gasteiger partial charge in [0, 0.05) is 11.4 Å². The van der Waals surface area contributed by atoms with Crippen molar-refractivity contribution in [1.82, 2.24) is 5.32 Å². The molecule has 0 fully saturated rings. The van der Waals surface area contributed by atoms with E-state index in [-0.39, 0.29) is 6.42 Å². The van der Waals surface area contributed by atoms with E-state index in [4.69, 9.17) is 5.11 Å². The molecule has 0 saturated carbocycles. The number of thiophene rings is 1. The van der Waals surface area contributed by atoms with Crippen molar-refractivity contribution in [3.05, 3.63) is 21.4 Å². The average molecular weight is 211 g/mol. The van der Waals surface area contributed by atoms with Crippen molar-refractivity contribution >= 4 is 17.3 Å². The van der Waals surface area contributed by atoms with E-state index in [2.05, 4.69) is 10.7 Å². The molecule has 0 aliphatic carbocycles. The molecule has 0 amide bonds. The molecule has 0 saturated heterocycles. The van der Waals surface area contributed by atoms with Gasteiger partial charge in [0.15, 0.2) is 0 Å². The van der Waals surface area contributed by atoms with Crippen LogP contribution in [-0.4, -0.2) is 17.6 Å². The van der Waals surface area contributed by atoms with Crippen molar-refractivity contribution in [2.45, 2.75) is 25.8 Å². The van der Waals surface area contributed by atoms with Gasteiger partial charge >= 0.3 is 5.97 Å². The predicted octanol–water partition coefficient (Wildman–Crippen LogP) is 1.41. The van der Waals surface area contributed by atoms with Crippen molar-refractivity contribution in [2.75, 3.05) is 6.54 Å². The Hall–Kier alpha value is -0.870. The first-order chi connectivity index (χ1) is 6.77. The third-order valence-corrected chi connectivity index (χ3v) is 3.64. The lowest BCUT2D eigenvalue weighted by Crippen LogP contribution is -2.23. The standard InChI is InChI=1S/C10H13NO2S/c12-10(13)2-1-9-8-5-11-4-3-7(8)6-14-9/h6,11H,1-5H2,(H,12,13). The third kappa shape index (κ3) is 1.96. The lowest BCUT2D eigenvalue weighted by Gasteiger charge is -2.14. The number of nitrogens with one attached hydrogen (secondary N) is 1. The SMILES string of the molecule is O=C(O)CCc1scc2c1CNCC2. The van der Waals surface area contributed by atoms with Crippen molar-refractivity contribution in [3.63, 3.8) is 0 Å². The molecular weight excluding hydrogens is 198 g/mol. The number of carboxylic acids is 1. The first-order valence-electron chi connectivity index (χ1n) is 4.78. The zero-order valence-corrected chi connectivity index (χ0v) is 8.69. The molecule has 2 heterocycles. The molecule has 76 valence electrons. The van der Waals surface area contributed by atoms with Gasteiger partial charge in [0.2, 0.25) is 0 Å². The topological polar surface area (TPSA) is 49.3 Å². The summed E-state index contributed by atoms with van der Waals surface area (Å²) in [4.78, 5) is 11.7. The van der Waals surface area contributed by atoms with Gasteiger partial charge in [0.1, 0.15) is 0 Å². The maximum Gasteiger partial charge on any atom is 0.303 e. The maximum absolute atomic E-state index is 10.5. The van der Waals surface area contributed by atoms with Gasteiger partial charge in [0.05, 0.1) is 6.42 Å². The van der Waals surface area contributed by atoms with Crippen LogP contribution in [0.25, 0.3) is 0 Å². The zero-order chi connectivity index (χ0) is 9.97. The molecule has 0 radical (unpaired) electrons. The van der Waals surface area contributed by atoms with Gasteiger partial charge in [-0.25, -0.2) is 0 Å². The molecule has 0 atom stereocenters. The fraction of sp³-hybridized carbons (Fsp3) is 0.500. The summed E-state index contributed by atoms with van der Waals surface area (Å²) >= 11 is 1.70. The Labute approximate surface area is 86.8 Å². The summed E-state index contributed by atoms with van der Waals surface area (Å²) < 4.78 is 0. The Balaban J connectivity index is 2.10. The van der Waals surface area contributed by atoms with E-state index in [1.54, 1.807) is 11.3 Å². The minimum Gasteiger partial charge on any atom is -0.481 e. The molecule has 0 aromatic carbocycles. The van der Waals surface area contributed by atoms with Crippen LogP contribution in [0.3, 0.4) is 0 Å². The maximum atomic E-state index is 10.5. The Morgan fingerprint density at radius 1 is 1.64 bits per heavy atom. The second kappa shape index (κ2) is 4.11. The number of aliphatic carboxylic acids is 1. The summed E-state index contributed by atoms with van der Waals surface area (Å²) in [7, 11) is 0. The fourth-order valence-electron chi connectivity index (χ4n) is 1.75. The highest BCUT2D eigenvalue weighted by atomic mass is 32.1. The number of fused-ring (bicyclic) bond motifs is 1. The molecule has 4 heteroatoms. The molecule has 2 N–H and O–H groups in total. The Morgan fingerprint density at radius 2 is 2.50 bits per heavy atom. The van der Waals surface area contributed by atoms with Crippen molar-refractivity contribution in [3.8, 4) is 0 Å². The molecular formula is C10H13NO2S.